The summed E-state index contributed by atoms with van der Waals surface area (Å²) in [5, 5.41) is 52.0. The highest BCUT2D eigenvalue weighted by atomic mass is 32.1. The summed E-state index contributed by atoms with van der Waals surface area (Å²) in [6.45, 7) is 7.63. The Bertz CT molecular complexity index is 1330. The number of hydrogen-bond acceptors (Lipinski definition) is 10. The van der Waals surface area contributed by atoms with Crippen molar-refractivity contribution in [1.82, 2.24) is 31.1 Å². The first kappa shape index (κ1) is 48.2. The lowest BCUT2D eigenvalue weighted by Gasteiger charge is -2.17. The monoisotopic (exact) mass is 794 g/mol. The van der Waals surface area contributed by atoms with Crippen molar-refractivity contribution in [2.75, 3.05) is 44.6 Å². The number of hydrogen-bond donors (Lipinski definition) is 8. The molecule has 1 rings (SSSR count). The van der Waals surface area contributed by atoms with Crippen LogP contribution in [0, 0.1) is 11.3 Å². The van der Waals surface area contributed by atoms with E-state index in [9.17, 15) is 34.8 Å². The van der Waals surface area contributed by atoms with E-state index in [-0.39, 0.29) is 56.4 Å². The van der Waals surface area contributed by atoms with Crippen molar-refractivity contribution in [1.29, 1.82) is 5.41 Å². The van der Waals surface area contributed by atoms with E-state index in [0.29, 0.717) is 92.3 Å². The molecule has 0 saturated heterocycles. The third-order valence-electron chi connectivity index (χ3n) is 8.42. The number of amides is 4. The highest BCUT2D eigenvalue weighted by Gasteiger charge is 2.14. The molecule has 0 aromatic heterocycles. The lowest BCUT2D eigenvalue weighted by atomic mass is 10.0. The second kappa shape index (κ2) is 28.6. The van der Waals surface area contributed by atoms with Crippen LogP contribution in [0.3, 0.4) is 0 Å². The number of unbranched alkanes of at least 4 members (excludes halogenated alkanes) is 6. The van der Waals surface area contributed by atoms with Crippen molar-refractivity contribution in [3.8, 4) is 0 Å². The van der Waals surface area contributed by atoms with Crippen LogP contribution in [-0.4, -0.2) is 110 Å². The highest BCUT2D eigenvalue weighted by molar-refractivity contribution is 7.80. The van der Waals surface area contributed by atoms with Crippen LogP contribution in [0.5, 0.6) is 0 Å². The molecule has 0 fully saturated rings. The fraction of sp³-hybridized carbons (Fsp3) is 0.649. The number of anilines is 1. The first-order chi connectivity index (χ1) is 25.7. The zero-order chi connectivity index (χ0) is 40.3. The molecule has 0 unspecified atom stereocenters. The SMILES string of the molecule is CC(=O)N(O)CCCCCNC(=O)CCC(=O)N(O)CCCCCNC(=O)CCC(=N)N(O)CCCCCNC(=S)Nc1ccc(CC(=S)C(C)C)cc1. The average molecular weight is 795 g/mol. The molecular weight excluding hydrogens is 733 g/mol. The maximum Gasteiger partial charge on any atom is 0.246 e. The summed E-state index contributed by atoms with van der Waals surface area (Å²) in [6.07, 6.45) is 6.97. The van der Waals surface area contributed by atoms with Gasteiger partial charge in [-0.05, 0) is 98.5 Å². The van der Waals surface area contributed by atoms with Crippen LogP contribution in [0.2, 0.25) is 0 Å². The van der Waals surface area contributed by atoms with Gasteiger partial charge in [0.1, 0.15) is 5.84 Å². The van der Waals surface area contributed by atoms with Crippen molar-refractivity contribution in [2.24, 2.45) is 5.92 Å². The summed E-state index contributed by atoms with van der Waals surface area (Å²) in [4.78, 5) is 48.2. The van der Waals surface area contributed by atoms with Gasteiger partial charge in [0.25, 0.3) is 0 Å². The maximum atomic E-state index is 12.2. The van der Waals surface area contributed by atoms with E-state index in [2.05, 4.69) is 35.1 Å². The molecule has 0 atom stereocenters. The zero-order valence-electron chi connectivity index (χ0n) is 32.2. The van der Waals surface area contributed by atoms with E-state index in [1.54, 1.807) is 0 Å². The van der Waals surface area contributed by atoms with Crippen molar-refractivity contribution >= 4 is 69.6 Å². The van der Waals surface area contributed by atoms with Gasteiger partial charge in [0, 0.05) is 84.0 Å². The van der Waals surface area contributed by atoms with E-state index in [0.717, 1.165) is 34.9 Å². The third-order valence-corrected chi connectivity index (χ3v) is 9.28. The van der Waals surface area contributed by atoms with Crippen LogP contribution in [0.25, 0.3) is 0 Å². The Labute approximate surface area is 331 Å². The summed E-state index contributed by atoms with van der Waals surface area (Å²) in [5.41, 5.74) is 2.07. The predicted octanol–water partition coefficient (Wildman–Crippen LogP) is 4.97. The number of amidine groups is 1. The molecule has 1 aromatic rings. The second-order valence-electron chi connectivity index (χ2n) is 13.5. The molecule has 1 aromatic carbocycles. The lowest BCUT2D eigenvalue weighted by Crippen LogP contribution is -2.31. The summed E-state index contributed by atoms with van der Waals surface area (Å²) in [7, 11) is 0. The van der Waals surface area contributed by atoms with Gasteiger partial charge in [0.05, 0.1) is 0 Å². The number of carbonyl (C=O) groups excluding carboxylic acids is 4. The van der Waals surface area contributed by atoms with Gasteiger partial charge in [0.2, 0.25) is 23.6 Å². The first-order valence-corrected chi connectivity index (χ1v) is 19.7. The second-order valence-corrected chi connectivity index (χ2v) is 14.4. The van der Waals surface area contributed by atoms with Gasteiger partial charge in [-0.15, -0.1) is 0 Å². The quantitative estimate of drug-likeness (QED) is 0.0141. The minimum Gasteiger partial charge on any atom is -0.362 e. The van der Waals surface area contributed by atoms with Gasteiger partial charge in [-0.1, -0.05) is 38.2 Å². The van der Waals surface area contributed by atoms with Crippen molar-refractivity contribution in [3.63, 3.8) is 0 Å². The summed E-state index contributed by atoms with van der Waals surface area (Å²) in [5.74, 6) is -1.12. The zero-order valence-corrected chi connectivity index (χ0v) is 33.8. The number of thiocarbonyl (C=S) groups is 2. The molecule has 0 aliphatic heterocycles. The number of hydroxylamine groups is 6. The number of nitrogens with one attached hydrogen (secondary N) is 5. The molecule has 17 heteroatoms. The molecule has 0 spiro atoms. The Morgan fingerprint density at radius 1 is 0.667 bits per heavy atom. The van der Waals surface area contributed by atoms with Crippen LogP contribution in [0.4, 0.5) is 5.69 Å². The maximum absolute atomic E-state index is 12.2. The molecule has 4 amide bonds. The van der Waals surface area contributed by atoms with Gasteiger partial charge in [-0.3, -0.25) is 40.2 Å². The topological polar surface area (TPSA) is 211 Å². The standard InChI is InChI=1S/C37H62N8O7S2/c1-28(2)32(53)27-30-13-15-31(16-14-30)42-37(54)41-23-9-6-11-25-44(51)33(38)17-18-34(47)39-21-8-5-12-26-45(52)36(49)20-19-35(48)40-22-7-4-10-24-43(50)29(3)46/h13-16,28,38,50-52H,4-12,17-27H2,1-3H3,(H,39,47)(H,40,48)(H2,41,42,54). The number of rotatable bonds is 28. The molecular formula is C37H62N8O7S2. The van der Waals surface area contributed by atoms with Crippen LogP contribution in [0.15, 0.2) is 24.3 Å². The smallest absolute Gasteiger partial charge is 0.246 e. The largest absolute Gasteiger partial charge is 0.362 e. The Morgan fingerprint density at radius 3 is 1.67 bits per heavy atom. The Balaban J connectivity index is 2.03. The van der Waals surface area contributed by atoms with E-state index < -0.39 is 11.8 Å². The van der Waals surface area contributed by atoms with E-state index >= 15 is 0 Å². The number of nitrogens with zero attached hydrogens (tertiary/aromatic N) is 3. The van der Waals surface area contributed by atoms with Gasteiger partial charge in [0.15, 0.2) is 5.11 Å². The molecule has 0 heterocycles. The lowest BCUT2D eigenvalue weighted by molar-refractivity contribution is -0.166. The van der Waals surface area contributed by atoms with Crippen molar-refractivity contribution < 1.29 is 34.8 Å². The van der Waals surface area contributed by atoms with Gasteiger partial charge in [-0.2, -0.15) is 0 Å². The predicted molar refractivity (Wildman–Crippen MR) is 217 cm³/mol. The minimum absolute atomic E-state index is 0.0200. The molecule has 0 aliphatic carbocycles. The van der Waals surface area contributed by atoms with Crippen LogP contribution >= 0.6 is 24.4 Å². The van der Waals surface area contributed by atoms with E-state index in [4.69, 9.17) is 29.8 Å². The van der Waals surface area contributed by atoms with Crippen LogP contribution in [-0.2, 0) is 25.6 Å². The number of benzene rings is 1. The van der Waals surface area contributed by atoms with Crippen molar-refractivity contribution in [2.45, 2.75) is 111 Å². The Kier molecular flexibility index (Phi) is 25.6. The highest BCUT2D eigenvalue weighted by Crippen LogP contribution is 2.13. The Hall–Kier alpha value is -3.77. The molecule has 0 aliphatic rings. The van der Waals surface area contributed by atoms with E-state index in [1.165, 1.54) is 12.5 Å². The molecule has 0 bridgehead atoms. The fourth-order valence-corrected chi connectivity index (χ4v) is 5.33. The molecule has 0 saturated carbocycles. The Morgan fingerprint density at radius 2 is 1.15 bits per heavy atom. The normalized spacial score (nSPS) is 10.7. The number of carbonyl (C=O) groups is 4. The molecule has 304 valence electrons. The molecule has 15 nitrogen and oxygen atoms in total. The molecule has 8 N–H and O–H groups in total. The minimum atomic E-state index is -0.544. The van der Waals surface area contributed by atoms with Gasteiger partial charge in [-0.25, -0.2) is 15.2 Å². The molecule has 0 radical (unpaired) electrons. The average Bonchev–Trinajstić information content (AvgIpc) is 3.13. The van der Waals surface area contributed by atoms with E-state index in [1.807, 2.05) is 24.3 Å². The van der Waals surface area contributed by atoms with Crippen LogP contribution < -0.4 is 21.3 Å². The van der Waals surface area contributed by atoms with Crippen molar-refractivity contribution in [3.05, 3.63) is 29.8 Å². The third kappa shape index (κ3) is 23.8. The van der Waals surface area contributed by atoms with Crippen LogP contribution in [0.1, 0.15) is 110 Å². The summed E-state index contributed by atoms with van der Waals surface area (Å²) >= 11 is 10.8. The fourth-order valence-electron chi connectivity index (χ4n) is 4.94. The van der Waals surface area contributed by atoms with Gasteiger partial charge < -0.3 is 21.3 Å². The molecule has 54 heavy (non-hydrogen) atoms. The first-order valence-electron chi connectivity index (χ1n) is 18.9. The summed E-state index contributed by atoms with van der Waals surface area (Å²) < 4.78 is 0. The van der Waals surface area contributed by atoms with Gasteiger partial charge >= 0.3 is 0 Å². The summed E-state index contributed by atoms with van der Waals surface area (Å²) in [6, 6.07) is 8.05.